The van der Waals surface area contributed by atoms with Crippen molar-refractivity contribution in [2.45, 2.75) is 35.4 Å². The van der Waals surface area contributed by atoms with Crippen LogP contribution in [0.4, 0.5) is 0 Å². The molecule has 2 aromatic carbocycles. The fourth-order valence-corrected chi connectivity index (χ4v) is 4.62. The highest BCUT2D eigenvalue weighted by molar-refractivity contribution is 7.89. The summed E-state index contributed by atoms with van der Waals surface area (Å²) in [6, 6.07) is 16.8. The fraction of sp³-hybridized carbons (Fsp3) is 0.294. The van der Waals surface area contributed by atoms with Gasteiger partial charge in [0.05, 0.1) is 4.90 Å². The summed E-state index contributed by atoms with van der Waals surface area (Å²) in [5.41, 5.74) is 2.08. The summed E-state index contributed by atoms with van der Waals surface area (Å²) in [7, 11) is -3.47. The molecule has 22 heavy (non-hydrogen) atoms. The van der Waals surface area contributed by atoms with Gasteiger partial charge < -0.3 is 0 Å². The van der Waals surface area contributed by atoms with E-state index in [1.54, 1.807) is 12.1 Å². The van der Waals surface area contributed by atoms with Crippen molar-refractivity contribution in [1.82, 2.24) is 4.72 Å². The molecule has 0 saturated heterocycles. The van der Waals surface area contributed by atoms with Gasteiger partial charge in [0.2, 0.25) is 10.0 Å². The van der Waals surface area contributed by atoms with Crippen LogP contribution in [-0.2, 0) is 10.0 Å². The number of rotatable bonds is 4. The number of nitrogens with one attached hydrogen (secondary N) is 1. The Kier molecular flexibility index (Phi) is 4.57. The molecule has 1 saturated carbocycles. The molecule has 2 atom stereocenters. The monoisotopic (exact) mass is 333 g/mol. The second-order valence-electron chi connectivity index (χ2n) is 5.62. The van der Waals surface area contributed by atoms with Gasteiger partial charge in [-0.15, -0.1) is 0 Å². The molecule has 1 N–H and O–H groups in total. The first-order chi connectivity index (χ1) is 10.6. The SMILES string of the molecule is O=S(=O)(N[C@H]1CCC[C@@H]1S)c1ccc(-c2ccccc2)cc1. The lowest BCUT2D eigenvalue weighted by molar-refractivity contribution is 0.555. The van der Waals surface area contributed by atoms with Crippen molar-refractivity contribution in [1.29, 1.82) is 0 Å². The summed E-state index contributed by atoms with van der Waals surface area (Å²) in [6.07, 6.45) is 2.84. The Morgan fingerprint density at radius 1 is 0.909 bits per heavy atom. The lowest BCUT2D eigenvalue weighted by Crippen LogP contribution is -2.37. The molecule has 3 rings (SSSR count). The summed E-state index contributed by atoms with van der Waals surface area (Å²) in [5, 5.41) is 0.110. The van der Waals surface area contributed by atoms with Gasteiger partial charge in [0.25, 0.3) is 0 Å². The summed E-state index contributed by atoms with van der Waals surface area (Å²) in [6.45, 7) is 0. The summed E-state index contributed by atoms with van der Waals surface area (Å²) >= 11 is 4.45. The van der Waals surface area contributed by atoms with Gasteiger partial charge in [-0.05, 0) is 36.1 Å². The van der Waals surface area contributed by atoms with Gasteiger partial charge in [-0.1, -0.05) is 48.9 Å². The molecule has 0 unspecified atom stereocenters. The van der Waals surface area contributed by atoms with Crippen molar-refractivity contribution in [2.24, 2.45) is 0 Å². The van der Waals surface area contributed by atoms with Crippen LogP contribution in [-0.4, -0.2) is 19.7 Å². The molecule has 0 aliphatic heterocycles. The number of hydrogen-bond donors (Lipinski definition) is 2. The molecule has 1 aliphatic rings. The van der Waals surface area contributed by atoms with Crippen LogP contribution in [0, 0.1) is 0 Å². The zero-order chi connectivity index (χ0) is 15.6. The minimum Gasteiger partial charge on any atom is -0.207 e. The molecule has 116 valence electrons. The van der Waals surface area contributed by atoms with Gasteiger partial charge in [-0.25, -0.2) is 13.1 Å². The summed E-state index contributed by atoms with van der Waals surface area (Å²) < 4.78 is 27.6. The second kappa shape index (κ2) is 6.44. The normalized spacial score (nSPS) is 21.9. The highest BCUT2D eigenvalue weighted by Gasteiger charge is 2.28. The van der Waals surface area contributed by atoms with Crippen LogP contribution in [0.1, 0.15) is 19.3 Å². The van der Waals surface area contributed by atoms with Gasteiger partial charge >= 0.3 is 0 Å². The smallest absolute Gasteiger partial charge is 0.207 e. The van der Waals surface area contributed by atoms with E-state index in [4.69, 9.17) is 0 Å². The van der Waals surface area contributed by atoms with Gasteiger partial charge in [-0.2, -0.15) is 12.6 Å². The van der Waals surface area contributed by atoms with Crippen LogP contribution in [0.3, 0.4) is 0 Å². The van der Waals surface area contributed by atoms with Crippen molar-refractivity contribution in [3.8, 4) is 11.1 Å². The first-order valence-corrected chi connectivity index (χ1v) is 9.42. The van der Waals surface area contributed by atoms with Gasteiger partial charge in [0, 0.05) is 11.3 Å². The summed E-state index contributed by atoms with van der Waals surface area (Å²) in [5.74, 6) is 0. The first kappa shape index (κ1) is 15.6. The number of hydrogen-bond acceptors (Lipinski definition) is 3. The molecular weight excluding hydrogens is 314 g/mol. The predicted molar refractivity (Wildman–Crippen MR) is 92.6 cm³/mol. The quantitative estimate of drug-likeness (QED) is 0.842. The average molecular weight is 333 g/mol. The fourth-order valence-electron chi connectivity index (χ4n) is 2.80. The van der Waals surface area contributed by atoms with E-state index in [0.29, 0.717) is 4.90 Å². The van der Waals surface area contributed by atoms with Crippen molar-refractivity contribution in [3.05, 3.63) is 54.6 Å². The van der Waals surface area contributed by atoms with Crippen LogP contribution in [0.25, 0.3) is 11.1 Å². The Morgan fingerprint density at radius 3 is 2.14 bits per heavy atom. The molecule has 0 aromatic heterocycles. The highest BCUT2D eigenvalue weighted by atomic mass is 32.2. The lowest BCUT2D eigenvalue weighted by atomic mass is 10.1. The molecule has 0 amide bonds. The Morgan fingerprint density at radius 2 is 1.55 bits per heavy atom. The van der Waals surface area contributed by atoms with E-state index in [0.717, 1.165) is 30.4 Å². The van der Waals surface area contributed by atoms with Crippen LogP contribution in [0.5, 0.6) is 0 Å². The van der Waals surface area contributed by atoms with E-state index in [9.17, 15) is 8.42 Å². The molecule has 0 spiro atoms. The van der Waals surface area contributed by atoms with Crippen molar-refractivity contribution in [3.63, 3.8) is 0 Å². The minimum absolute atomic E-state index is 0.0675. The molecule has 0 heterocycles. The van der Waals surface area contributed by atoms with Gasteiger partial charge in [0.15, 0.2) is 0 Å². The third-order valence-electron chi connectivity index (χ3n) is 4.06. The Labute approximate surface area is 137 Å². The third-order valence-corrected chi connectivity index (χ3v) is 6.18. The molecule has 0 bridgehead atoms. The number of benzene rings is 2. The lowest BCUT2D eigenvalue weighted by Gasteiger charge is -2.17. The van der Waals surface area contributed by atoms with E-state index in [-0.39, 0.29) is 11.3 Å². The van der Waals surface area contributed by atoms with E-state index < -0.39 is 10.0 Å². The molecule has 3 nitrogen and oxygen atoms in total. The van der Waals surface area contributed by atoms with Gasteiger partial charge in [-0.3, -0.25) is 0 Å². The maximum Gasteiger partial charge on any atom is 0.240 e. The standard InChI is InChI=1S/C17H19NO2S2/c19-22(20,18-16-7-4-8-17(16)21)15-11-9-14(10-12-15)13-5-2-1-3-6-13/h1-3,5-6,9-12,16-18,21H,4,7-8H2/t16-,17-/m0/s1. The van der Waals surface area contributed by atoms with E-state index in [2.05, 4.69) is 17.4 Å². The van der Waals surface area contributed by atoms with E-state index >= 15 is 0 Å². The Balaban J connectivity index is 1.80. The van der Waals surface area contributed by atoms with Crippen LogP contribution < -0.4 is 4.72 Å². The van der Waals surface area contributed by atoms with Crippen LogP contribution in [0.2, 0.25) is 0 Å². The van der Waals surface area contributed by atoms with Crippen molar-refractivity contribution in [2.75, 3.05) is 0 Å². The summed E-state index contributed by atoms with van der Waals surface area (Å²) in [4.78, 5) is 0.305. The predicted octanol–water partition coefficient (Wildman–Crippen LogP) is 3.48. The van der Waals surface area contributed by atoms with E-state index in [1.807, 2.05) is 42.5 Å². The second-order valence-corrected chi connectivity index (χ2v) is 7.99. The highest BCUT2D eigenvalue weighted by Crippen LogP contribution is 2.26. The van der Waals surface area contributed by atoms with Crippen molar-refractivity contribution < 1.29 is 8.42 Å². The molecule has 5 heteroatoms. The topological polar surface area (TPSA) is 46.2 Å². The minimum atomic E-state index is -3.47. The number of thiol groups is 1. The largest absolute Gasteiger partial charge is 0.240 e. The average Bonchev–Trinajstić information content (AvgIpc) is 2.93. The van der Waals surface area contributed by atoms with Crippen molar-refractivity contribution >= 4 is 22.7 Å². The molecule has 1 aliphatic carbocycles. The van der Waals surface area contributed by atoms with Gasteiger partial charge in [0.1, 0.15) is 0 Å². The molecular formula is C17H19NO2S2. The molecule has 2 aromatic rings. The zero-order valence-electron chi connectivity index (χ0n) is 12.1. The maximum absolute atomic E-state index is 12.4. The van der Waals surface area contributed by atoms with Crippen LogP contribution >= 0.6 is 12.6 Å². The Hall–Kier alpha value is -1.30. The first-order valence-electron chi connectivity index (χ1n) is 7.42. The van der Waals surface area contributed by atoms with E-state index in [1.165, 1.54) is 0 Å². The number of sulfonamides is 1. The molecule has 0 radical (unpaired) electrons. The molecule has 1 fully saturated rings. The maximum atomic E-state index is 12.4. The zero-order valence-corrected chi connectivity index (χ0v) is 13.9. The Bertz CT molecular complexity index is 727. The van der Waals surface area contributed by atoms with Crippen LogP contribution in [0.15, 0.2) is 59.5 Å². The third kappa shape index (κ3) is 3.37.